The van der Waals surface area contributed by atoms with Crippen molar-refractivity contribution in [2.45, 2.75) is 19.3 Å². The number of fused-ring (bicyclic) bond motifs is 3. The third kappa shape index (κ3) is 1.94. The summed E-state index contributed by atoms with van der Waals surface area (Å²) in [6.07, 6.45) is 0.385. The van der Waals surface area contributed by atoms with Crippen LogP contribution < -0.4 is 4.74 Å². The van der Waals surface area contributed by atoms with Crippen LogP contribution in [0.25, 0.3) is 0 Å². The van der Waals surface area contributed by atoms with Crippen LogP contribution in [0.5, 0.6) is 17.2 Å². The fourth-order valence-corrected chi connectivity index (χ4v) is 3.66. The number of benzene rings is 2. The molecule has 2 aromatic carbocycles. The first-order valence-electron chi connectivity index (χ1n) is 7.83. The Balaban J connectivity index is 2.07. The molecule has 0 radical (unpaired) electrons. The maximum Gasteiger partial charge on any atom is 0.202 e. The molecule has 0 aliphatic heterocycles. The zero-order chi connectivity index (χ0) is 17.9. The number of methoxy groups -OCH3 is 1. The lowest BCUT2D eigenvalue weighted by Gasteiger charge is -2.26. The van der Waals surface area contributed by atoms with Gasteiger partial charge in [-0.25, -0.2) is 0 Å². The summed E-state index contributed by atoms with van der Waals surface area (Å²) >= 11 is 0. The molecule has 0 aromatic heterocycles. The molecule has 2 N–H and O–H groups in total. The van der Waals surface area contributed by atoms with Crippen LogP contribution in [0.1, 0.15) is 49.4 Å². The van der Waals surface area contributed by atoms with Crippen molar-refractivity contribution in [2.75, 3.05) is 7.11 Å². The number of ether oxygens (including phenoxy) is 1. The van der Waals surface area contributed by atoms with Crippen LogP contribution in [0.4, 0.5) is 0 Å². The van der Waals surface area contributed by atoms with Gasteiger partial charge in [0.2, 0.25) is 5.78 Å². The van der Waals surface area contributed by atoms with Crippen molar-refractivity contribution in [3.63, 3.8) is 0 Å². The molecule has 25 heavy (non-hydrogen) atoms. The molecular weight excluding hydrogens is 324 g/mol. The van der Waals surface area contributed by atoms with Gasteiger partial charge in [-0.05, 0) is 12.5 Å². The van der Waals surface area contributed by atoms with Crippen LogP contribution in [0.2, 0.25) is 0 Å². The number of Topliss-reactive ketones (excluding diaryl/α,β-unsaturated/α-hetero) is 1. The van der Waals surface area contributed by atoms with Crippen LogP contribution in [0.15, 0.2) is 18.2 Å². The van der Waals surface area contributed by atoms with Gasteiger partial charge in [-0.1, -0.05) is 12.1 Å². The lowest BCUT2D eigenvalue weighted by atomic mass is 9.77. The summed E-state index contributed by atoms with van der Waals surface area (Å²) in [5, 5.41) is 21.2. The van der Waals surface area contributed by atoms with Crippen molar-refractivity contribution >= 4 is 17.3 Å². The van der Waals surface area contributed by atoms with Crippen LogP contribution in [-0.4, -0.2) is 34.7 Å². The summed E-state index contributed by atoms with van der Waals surface area (Å²) < 4.78 is 5.18. The van der Waals surface area contributed by atoms with E-state index in [-0.39, 0.29) is 70.1 Å². The van der Waals surface area contributed by atoms with Gasteiger partial charge in [-0.2, -0.15) is 0 Å². The Hall–Kier alpha value is -3.15. The van der Waals surface area contributed by atoms with Gasteiger partial charge in [0, 0.05) is 29.5 Å². The molecule has 0 fully saturated rings. The largest absolute Gasteiger partial charge is 0.507 e. The Morgan fingerprint density at radius 2 is 1.56 bits per heavy atom. The van der Waals surface area contributed by atoms with Crippen LogP contribution in [-0.2, 0) is 17.6 Å². The lowest BCUT2D eigenvalue weighted by Crippen LogP contribution is -2.25. The van der Waals surface area contributed by atoms with E-state index in [0.29, 0.717) is 5.56 Å². The van der Waals surface area contributed by atoms with Gasteiger partial charge in [-0.3, -0.25) is 14.4 Å². The molecule has 0 bridgehead atoms. The van der Waals surface area contributed by atoms with Crippen molar-refractivity contribution in [3.05, 3.63) is 51.6 Å². The van der Waals surface area contributed by atoms with Crippen molar-refractivity contribution < 1.29 is 29.3 Å². The van der Waals surface area contributed by atoms with Gasteiger partial charge in [-0.15, -0.1) is 0 Å². The Bertz CT molecular complexity index is 986. The number of ketones is 3. The Morgan fingerprint density at radius 3 is 2.28 bits per heavy atom. The van der Waals surface area contributed by atoms with Crippen molar-refractivity contribution in [3.8, 4) is 17.2 Å². The number of carbonyl (C=O) groups excluding carboxylic acids is 3. The second kappa shape index (κ2) is 5.17. The molecule has 0 spiro atoms. The fourth-order valence-electron chi connectivity index (χ4n) is 3.66. The smallest absolute Gasteiger partial charge is 0.202 e. The van der Waals surface area contributed by atoms with Crippen LogP contribution >= 0.6 is 0 Å². The number of phenolic OH excluding ortho intramolecular Hbond substituents is 2. The van der Waals surface area contributed by atoms with Gasteiger partial charge < -0.3 is 14.9 Å². The summed E-state index contributed by atoms with van der Waals surface area (Å²) in [5.74, 6) is -1.72. The van der Waals surface area contributed by atoms with E-state index in [0.717, 1.165) is 0 Å². The normalized spacial score (nSPS) is 15.5. The molecule has 126 valence electrons. The van der Waals surface area contributed by atoms with E-state index < -0.39 is 11.6 Å². The average Bonchev–Trinajstić information content (AvgIpc) is 2.61. The SMILES string of the molecule is COc1cccc2c1C(=O)c1c(O)c3c(c(O)c1C2=O)CC(=O)CC3. The topological polar surface area (TPSA) is 101 Å². The van der Waals surface area contributed by atoms with Crippen molar-refractivity contribution in [1.29, 1.82) is 0 Å². The fraction of sp³-hybridized carbons (Fsp3) is 0.211. The van der Waals surface area contributed by atoms with E-state index in [1.807, 2.05) is 0 Å². The first-order valence-corrected chi connectivity index (χ1v) is 7.83. The molecule has 0 saturated heterocycles. The van der Waals surface area contributed by atoms with Crippen molar-refractivity contribution in [1.82, 2.24) is 0 Å². The molecule has 4 rings (SSSR count). The third-order valence-electron chi connectivity index (χ3n) is 4.86. The van der Waals surface area contributed by atoms with Gasteiger partial charge in [0.1, 0.15) is 23.0 Å². The monoisotopic (exact) mass is 338 g/mol. The lowest BCUT2D eigenvalue weighted by molar-refractivity contribution is -0.118. The second-order valence-electron chi connectivity index (χ2n) is 6.16. The molecule has 2 aliphatic rings. The zero-order valence-electron chi connectivity index (χ0n) is 13.4. The minimum atomic E-state index is -0.574. The Labute approximate surface area is 142 Å². The number of hydrogen-bond acceptors (Lipinski definition) is 6. The first-order chi connectivity index (χ1) is 12.0. The van der Waals surface area contributed by atoms with E-state index in [4.69, 9.17) is 4.74 Å². The predicted molar refractivity (Wildman–Crippen MR) is 86.7 cm³/mol. The van der Waals surface area contributed by atoms with Crippen molar-refractivity contribution in [2.24, 2.45) is 0 Å². The van der Waals surface area contributed by atoms with Gasteiger partial charge >= 0.3 is 0 Å². The minimum absolute atomic E-state index is 0.0611. The Kier molecular flexibility index (Phi) is 3.18. The maximum atomic E-state index is 13.0. The van der Waals surface area contributed by atoms with Crippen LogP contribution in [0, 0.1) is 0 Å². The molecular formula is C19H14O6. The summed E-state index contributed by atoms with van der Waals surface area (Å²) in [6, 6.07) is 4.61. The highest BCUT2D eigenvalue weighted by atomic mass is 16.5. The van der Waals surface area contributed by atoms with E-state index in [1.54, 1.807) is 12.1 Å². The highest BCUT2D eigenvalue weighted by Crippen LogP contribution is 2.46. The third-order valence-corrected chi connectivity index (χ3v) is 4.86. The minimum Gasteiger partial charge on any atom is -0.507 e. The van der Waals surface area contributed by atoms with E-state index in [2.05, 4.69) is 0 Å². The summed E-state index contributed by atoms with van der Waals surface area (Å²) in [4.78, 5) is 37.6. The molecule has 0 amide bonds. The molecule has 2 aromatic rings. The number of aromatic hydroxyl groups is 2. The molecule has 6 heteroatoms. The average molecular weight is 338 g/mol. The van der Waals surface area contributed by atoms with Gasteiger partial charge in [0.05, 0.1) is 23.8 Å². The molecule has 0 atom stereocenters. The molecule has 0 saturated carbocycles. The van der Waals surface area contributed by atoms with E-state index in [9.17, 15) is 24.6 Å². The highest BCUT2D eigenvalue weighted by Gasteiger charge is 2.40. The summed E-state index contributed by atoms with van der Waals surface area (Å²) in [5.41, 5.74) is 0.317. The maximum absolute atomic E-state index is 13.0. The zero-order valence-corrected chi connectivity index (χ0v) is 13.4. The summed E-state index contributed by atoms with van der Waals surface area (Å²) in [7, 11) is 1.39. The molecule has 6 nitrogen and oxygen atoms in total. The summed E-state index contributed by atoms with van der Waals surface area (Å²) in [6.45, 7) is 0. The molecule has 0 heterocycles. The molecule has 2 aliphatic carbocycles. The number of phenols is 2. The first kappa shape index (κ1) is 15.4. The number of hydrogen-bond donors (Lipinski definition) is 2. The van der Waals surface area contributed by atoms with Gasteiger partial charge in [0.15, 0.2) is 5.78 Å². The second-order valence-corrected chi connectivity index (χ2v) is 6.16. The van der Waals surface area contributed by atoms with E-state index in [1.165, 1.54) is 13.2 Å². The standard InChI is InChI=1S/C19H14O6/c1-25-12-4-2-3-10-13(12)19(24)15-14(17(10)22)18(23)11-7-8(20)5-6-9(11)16(15)21/h2-4,21,23H,5-7H2,1H3. The van der Waals surface area contributed by atoms with E-state index >= 15 is 0 Å². The Morgan fingerprint density at radius 1 is 0.880 bits per heavy atom. The highest BCUT2D eigenvalue weighted by molar-refractivity contribution is 6.31. The molecule has 0 unspecified atom stereocenters. The van der Waals surface area contributed by atoms with Gasteiger partial charge in [0.25, 0.3) is 0 Å². The predicted octanol–water partition coefficient (Wildman–Crippen LogP) is 1.94. The number of carbonyl (C=O) groups is 3. The quantitative estimate of drug-likeness (QED) is 0.658. The number of rotatable bonds is 1. The van der Waals surface area contributed by atoms with Crippen LogP contribution in [0.3, 0.4) is 0 Å².